The number of benzene rings is 5. The van der Waals surface area contributed by atoms with Crippen LogP contribution in [0.25, 0.3) is 43.4 Å². The van der Waals surface area contributed by atoms with Crippen LogP contribution in [0.5, 0.6) is 0 Å². The molecule has 22 heavy (non-hydrogen) atoms. The first-order valence-electron chi connectivity index (χ1n) is 7.55. The first-order chi connectivity index (χ1) is 10.9. The van der Waals surface area contributed by atoms with Gasteiger partial charge in [-0.2, -0.15) is 0 Å². The molecule has 0 nitrogen and oxygen atoms in total. The van der Waals surface area contributed by atoms with Gasteiger partial charge in [-0.1, -0.05) is 72.8 Å². The highest BCUT2D eigenvalue weighted by atomic mass is 14.1. The Balaban J connectivity index is 2.02. The third-order valence-electron chi connectivity index (χ3n) is 4.55. The Kier molecular flexibility index (Phi) is 2.31. The van der Waals surface area contributed by atoms with Crippen LogP contribution in [-0.4, -0.2) is 0 Å². The Morgan fingerprint density at radius 1 is 0.591 bits per heavy atom. The number of hydrogen-bond acceptors (Lipinski definition) is 0. The zero-order valence-electron chi connectivity index (χ0n) is 12.0. The smallest absolute Gasteiger partial charge is 0.00206 e. The second-order valence-corrected chi connectivity index (χ2v) is 5.76. The van der Waals surface area contributed by atoms with Crippen molar-refractivity contribution in [1.29, 1.82) is 0 Å². The van der Waals surface area contributed by atoms with Crippen molar-refractivity contribution in [3.8, 4) is 11.1 Å². The van der Waals surface area contributed by atoms with Crippen LogP contribution in [-0.2, 0) is 0 Å². The van der Waals surface area contributed by atoms with E-state index in [0.717, 1.165) is 0 Å². The average Bonchev–Trinajstić information content (AvgIpc) is 2.60. The minimum absolute atomic E-state index is 1.22. The summed E-state index contributed by atoms with van der Waals surface area (Å²) < 4.78 is 0. The fraction of sp³-hybridized carbons (Fsp3) is 0. The fourth-order valence-corrected chi connectivity index (χ4v) is 3.55. The molecule has 0 spiro atoms. The van der Waals surface area contributed by atoms with Crippen LogP contribution in [0.3, 0.4) is 0 Å². The molecule has 101 valence electrons. The summed E-state index contributed by atoms with van der Waals surface area (Å²) in [5, 5.41) is 8.00. The van der Waals surface area contributed by atoms with E-state index in [1.807, 2.05) is 12.1 Å². The zero-order valence-corrected chi connectivity index (χ0v) is 12.0. The van der Waals surface area contributed by atoms with Gasteiger partial charge in [0.1, 0.15) is 0 Å². The highest BCUT2D eigenvalue weighted by molar-refractivity contribution is 6.25. The first kappa shape index (κ1) is 11.8. The van der Waals surface area contributed by atoms with Gasteiger partial charge in [-0.3, -0.25) is 0 Å². The Morgan fingerprint density at radius 3 is 2.09 bits per heavy atom. The molecule has 0 aliphatic carbocycles. The van der Waals surface area contributed by atoms with Crippen molar-refractivity contribution in [3.05, 3.63) is 84.9 Å². The van der Waals surface area contributed by atoms with Gasteiger partial charge in [-0.05, 0) is 55.6 Å². The van der Waals surface area contributed by atoms with Gasteiger partial charge in [0.2, 0.25) is 0 Å². The van der Waals surface area contributed by atoms with Crippen LogP contribution in [0.1, 0.15) is 0 Å². The fourth-order valence-electron chi connectivity index (χ4n) is 3.55. The molecule has 0 N–H and O–H groups in total. The maximum absolute atomic E-state index is 3.19. The van der Waals surface area contributed by atoms with Crippen molar-refractivity contribution in [1.82, 2.24) is 0 Å². The molecule has 0 aliphatic rings. The maximum Gasteiger partial charge on any atom is -0.00206 e. The van der Waals surface area contributed by atoms with E-state index in [2.05, 4.69) is 72.8 Å². The summed E-state index contributed by atoms with van der Waals surface area (Å²) >= 11 is 0. The minimum Gasteiger partial charge on any atom is -0.0610 e. The standard InChI is InChI=1S/C22H13/c1-2-5-15(6-3-1)19-13-11-18-10-9-16-7-4-8-17-12-14-20(19)22(18)21(16)17/h1-2,4-14H. The van der Waals surface area contributed by atoms with E-state index in [1.165, 1.54) is 43.4 Å². The lowest BCUT2D eigenvalue weighted by molar-refractivity contribution is 1.65. The van der Waals surface area contributed by atoms with Crippen molar-refractivity contribution < 1.29 is 0 Å². The van der Waals surface area contributed by atoms with Crippen LogP contribution >= 0.6 is 0 Å². The van der Waals surface area contributed by atoms with E-state index in [0.29, 0.717) is 0 Å². The molecular weight excluding hydrogens is 264 g/mol. The Hall–Kier alpha value is -2.86. The largest absolute Gasteiger partial charge is 0.0610 e. The van der Waals surface area contributed by atoms with Gasteiger partial charge in [-0.15, -0.1) is 0 Å². The average molecular weight is 277 g/mol. The molecular formula is C22H13. The Bertz CT molecular complexity index is 1090. The second-order valence-electron chi connectivity index (χ2n) is 5.76. The Morgan fingerprint density at radius 2 is 1.32 bits per heavy atom. The van der Waals surface area contributed by atoms with Gasteiger partial charge >= 0.3 is 0 Å². The van der Waals surface area contributed by atoms with E-state index in [9.17, 15) is 0 Å². The number of rotatable bonds is 1. The van der Waals surface area contributed by atoms with Gasteiger partial charge < -0.3 is 0 Å². The quantitative estimate of drug-likeness (QED) is 0.327. The molecule has 1 radical (unpaired) electrons. The van der Waals surface area contributed by atoms with Gasteiger partial charge in [0, 0.05) is 0 Å². The summed E-state index contributed by atoms with van der Waals surface area (Å²) in [5.74, 6) is 0. The molecule has 5 rings (SSSR count). The topological polar surface area (TPSA) is 0 Å². The van der Waals surface area contributed by atoms with Crippen molar-refractivity contribution in [2.45, 2.75) is 0 Å². The lowest BCUT2D eigenvalue weighted by atomic mass is 9.90. The third-order valence-corrected chi connectivity index (χ3v) is 4.55. The highest BCUT2D eigenvalue weighted by Gasteiger charge is 2.11. The molecule has 0 amide bonds. The Labute approximate surface area is 129 Å². The summed E-state index contributed by atoms with van der Waals surface area (Å²) in [7, 11) is 0. The third kappa shape index (κ3) is 1.52. The molecule has 5 aromatic carbocycles. The minimum atomic E-state index is 1.22. The molecule has 0 heteroatoms. The number of hydrogen-bond donors (Lipinski definition) is 0. The van der Waals surface area contributed by atoms with Crippen LogP contribution in [0, 0.1) is 6.07 Å². The van der Waals surface area contributed by atoms with E-state index >= 15 is 0 Å². The lowest BCUT2D eigenvalue weighted by Crippen LogP contribution is -1.86. The monoisotopic (exact) mass is 277 g/mol. The zero-order chi connectivity index (χ0) is 14.5. The van der Waals surface area contributed by atoms with Crippen molar-refractivity contribution in [2.24, 2.45) is 0 Å². The summed E-state index contributed by atoms with van der Waals surface area (Å²) in [5.41, 5.74) is 2.50. The van der Waals surface area contributed by atoms with Crippen LogP contribution in [0.4, 0.5) is 0 Å². The predicted molar refractivity (Wildman–Crippen MR) is 94.4 cm³/mol. The van der Waals surface area contributed by atoms with E-state index in [1.54, 1.807) is 0 Å². The molecule has 0 fully saturated rings. The summed E-state index contributed by atoms with van der Waals surface area (Å²) in [6.45, 7) is 0. The van der Waals surface area contributed by atoms with Crippen molar-refractivity contribution in [3.63, 3.8) is 0 Å². The van der Waals surface area contributed by atoms with Gasteiger partial charge in [0.15, 0.2) is 0 Å². The first-order valence-corrected chi connectivity index (χ1v) is 7.55. The van der Waals surface area contributed by atoms with Crippen molar-refractivity contribution >= 4 is 32.3 Å². The van der Waals surface area contributed by atoms with E-state index in [-0.39, 0.29) is 0 Å². The molecule has 0 saturated carbocycles. The van der Waals surface area contributed by atoms with Gasteiger partial charge in [0.05, 0.1) is 0 Å². The van der Waals surface area contributed by atoms with Crippen LogP contribution in [0.2, 0.25) is 0 Å². The van der Waals surface area contributed by atoms with Gasteiger partial charge in [-0.25, -0.2) is 0 Å². The predicted octanol–water partition coefficient (Wildman–Crippen LogP) is 6.05. The molecule has 0 saturated heterocycles. The molecule has 0 heterocycles. The molecule has 0 aliphatic heterocycles. The SMILES string of the molecule is [c]1cccc(-c2ccc3ccc4cccc5ccc2c3c45)c1. The van der Waals surface area contributed by atoms with Crippen LogP contribution in [0.15, 0.2) is 78.9 Å². The van der Waals surface area contributed by atoms with E-state index < -0.39 is 0 Å². The highest BCUT2D eigenvalue weighted by Crippen LogP contribution is 2.38. The normalized spacial score (nSPS) is 11.6. The van der Waals surface area contributed by atoms with Gasteiger partial charge in [0.25, 0.3) is 0 Å². The molecule has 0 bridgehead atoms. The maximum atomic E-state index is 3.19. The lowest BCUT2D eigenvalue weighted by Gasteiger charge is -2.14. The molecule has 0 unspecified atom stereocenters. The second kappa shape index (κ2) is 4.32. The molecule has 5 aromatic rings. The molecule has 0 atom stereocenters. The van der Waals surface area contributed by atoms with Crippen LogP contribution < -0.4 is 0 Å². The summed E-state index contributed by atoms with van der Waals surface area (Å²) in [6, 6.07) is 31.3. The van der Waals surface area contributed by atoms with E-state index in [4.69, 9.17) is 0 Å². The summed E-state index contributed by atoms with van der Waals surface area (Å²) in [4.78, 5) is 0. The van der Waals surface area contributed by atoms with Crippen molar-refractivity contribution in [2.75, 3.05) is 0 Å². The molecule has 0 aromatic heterocycles. The summed E-state index contributed by atoms with van der Waals surface area (Å²) in [6.07, 6.45) is 0.